The van der Waals surface area contributed by atoms with Gasteiger partial charge in [0, 0.05) is 12.6 Å². The summed E-state index contributed by atoms with van der Waals surface area (Å²) in [6.07, 6.45) is 6.20. The van der Waals surface area contributed by atoms with Crippen molar-refractivity contribution in [1.82, 2.24) is 0 Å². The monoisotopic (exact) mass is 279 g/mol. The number of rotatable bonds is 11. The summed E-state index contributed by atoms with van der Waals surface area (Å²) in [5, 5.41) is 9.97. The van der Waals surface area contributed by atoms with Gasteiger partial charge in [-0.2, -0.15) is 0 Å². The highest BCUT2D eigenvalue weighted by molar-refractivity contribution is 5.16. The average molecular weight is 279 g/mol. The lowest BCUT2D eigenvalue weighted by Crippen LogP contribution is -2.39. The summed E-state index contributed by atoms with van der Waals surface area (Å²) in [4.78, 5) is 0. The second kappa shape index (κ2) is 10.8. The third-order valence-electron chi connectivity index (χ3n) is 3.49. The maximum atomic E-state index is 9.97. The molecule has 3 N–H and O–H groups in total. The molecule has 1 aromatic rings. The van der Waals surface area contributed by atoms with Crippen LogP contribution in [0.4, 0.5) is 0 Å². The maximum Gasteiger partial charge on any atom is 0.0927 e. The molecule has 2 atom stereocenters. The van der Waals surface area contributed by atoms with Gasteiger partial charge in [0.2, 0.25) is 0 Å². The van der Waals surface area contributed by atoms with E-state index in [0.717, 1.165) is 18.6 Å². The zero-order chi connectivity index (χ0) is 14.6. The van der Waals surface area contributed by atoms with Gasteiger partial charge in [0.15, 0.2) is 0 Å². The predicted molar refractivity (Wildman–Crippen MR) is 83.7 cm³/mol. The lowest BCUT2D eigenvalue weighted by atomic mass is 10.0. The zero-order valence-corrected chi connectivity index (χ0v) is 12.6. The highest BCUT2D eigenvalue weighted by Crippen LogP contribution is 2.06. The quantitative estimate of drug-likeness (QED) is 0.612. The van der Waals surface area contributed by atoms with E-state index < -0.39 is 6.10 Å². The molecule has 0 saturated carbocycles. The van der Waals surface area contributed by atoms with Crippen molar-refractivity contribution in [3.63, 3.8) is 0 Å². The highest BCUT2D eigenvalue weighted by atomic mass is 16.5. The summed E-state index contributed by atoms with van der Waals surface area (Å²) < 4.78 is 5.50. The molecular weight excluding hydrogens is 250 g/mol. The first kappa shape index (κ1) is 17.2. The van der Waals surface area contributed by atoms with Crippen LogP contribution in [-0.2, 0) is 11.2 Å². The molecule has 0 fully saturated rings. The maximum absolute atomic E-state index is 9.97. The van der Waals surface area contributed by atoms with Gasteiger partial charge in [0.1, 0.15) is 0 Å². The lowest BCUT2D eigenvalue weighted by molar-refractivity contribution is 0.0222. The number of aliphatic hydroxyl groups excluding tert-OH is 1. The van der Waals surface area contributed by atoms with Gasteiger partial charge >= 0.3 is 0 Å². The number of unbranched alkanes of at least 4 members (excludes halogenated alkanes) is 4. The lowest BCUT2D eigenvalue weighted by Gasteiger charge is -2.19. The fourth-order valence-electron chi connectivity index (χ4n) is 2.16. The van der Waals surface area contributed by atoms with Gasteiger partial charge in [-0.05, 0) is 18.4 Å². The molecule has 0 heterocycles. The summed E-state index contributed by atoms with van der Waals surface area (Å²) in [5.41, 5.74) is 7.15. The van der Waals surface area contributed by atoms with Crippen LogP contribution >= 0.6 is 0 Å². The number of aliphatic hydroxyl groups is 1. The fourth-order valence-corrected chi connectivity index (χ4v) is 2.16. The van der Waals surface area contributed by atoms with Crippen molar-refractivity contribution in [2.24, 2.45) is 5.73 Å². The normalized spacial score (nSPS) is 14.2. The van der Waals surface area contributed by atoms with Crippen LogP contribution in [0.2, 0.25) is 0 Å². The van der Waals surface area contributed by atoms with Crippen LogP contribution in [0, 0.1) is 0 Å². The molecule has 1 rings (SSSR count). The first-order chi connectivity index (χ1) is 9.74. The van der Waals surface area contributed by atoms with E-state index in [4.69, 9.17) is 10.5 Å². The molecule has 114 valence electrons. The minimum absolute atomic E-state index is 0.266. The predicted octanol–water partition coefficient (Wildman–Crippen LogP) is 2.90. The van der Waals surface area contributed by atoms with Crippen LogP contribution in [0.5, 0.6) is 0 Å². The largest absolute Gasteiger partial charge is 0.389 e. The Morgan fingerprint density at radius 1 is 1.10 bits per heavy atom. The molecule has 0 aliphatic rings. The van der Waals surface area contributed by atoms with Crippen molar-refractivity contribution in [1.29, 1.82) is 0 Å². The standard InChI is InChI=1S/C17H29NO2/c1-2-3-4-5-9-12-20-14-17(19)16(18)13-15-10-7-6-8-11-15/h6-8,10-11,16-17,19H,2-5,9,12-14,18H2,1H3. The smallest absolute Gasteiger partial charge is 0.0927 e. The number of nitrogens with two attached hydrogens (primary N) is 1. The van der Waals surface area contributed by atoms with E-state index in [1.807, 2.05) is 30.3 Å². The van der Waals surface area contributed by atoms with Gasteiger partial charge in [-0.15, -0.1) is 0 Å². The third kappa shape index (κ3) is 7.63. The molecule has 20 heavy (non-hydrogen) atoms. The van der Waals surface area contributed by atoms with Crippen LogP contribution in [0.15, 0.2) is 30.3 Å². The van der Waals surface area contributed by atoms with Crippen molar-refractivity contribution >= 4 is 0 Å². The number of benzene rings is 1. The van der Waals surface area contributed by atoms with Crippen LogP contribution in [-0.4, -0.2) is 30.5 Å². The highest BCUT2D eigenvalue weighted by Gasteiger charge is 2.15. The Hall–Kier alpha value is -0.900. The third-order valence-corrected chi connectivity index (χ3v) is 3.49. The molecule has 0 radical (unpaired) electrons. The molecule has 0 spiro atoms. The van der Waals surface area contributed by atoms with Gasteiger partial charge in [0.25, 0.3) is 0 Å². The van der Waals surface area contributed by atoms with Crippen molar-refractivity contribution in [2.75, 3.05) is 13.2 Å². The summed E-state index contributed by atoms with van der Waals surface area (Å²) in [7, 11) is 0. The van der Waals surface area contributed by atoms with E-state index >= 15 is 0 Å². The molecule has 3 heteroatoms. The van der Waals surface area contributed by atoms with Gasteiger partial charge in [-0.1, -0.05) is 62.9 Å². The Morgan fingerprint density at radius 3 is 2.50 bits per heavy atom. The Balaban J connectivity index is 2.08. The van der Waals surface area contributed by atoms with Crippen molar-refractivity contribution in [2.45, 2.75) is 57.6 Å². The Kier molecular flexibility index (Phi) is 9.29. The Bertz CT molecular complexity index is 329. The van der Waals surface area contributed by atoms with Crippen LogP contribution < -0.4 is 5.73 Å². The summed E-state index contributed by atoms with van der Waals surface area (Å²) in [5.74, 6) is 0. The number of hydrogen-bond acceptors (Lipinski definition) is 3. The molecular formula is C17H29NO2. The van der Waals surface area contributed by atoms with Crippen molar-refractivity contribution < 1.29 is 9.84 Å². The average Bonchev–Trinajstić information content (AvgIpc) is 2.47. The first-order valence-corrected chi connectivity index (χ1v) is 7.79. The van der Waals surface area contributed by atoms with Gasteiger partial charge in [-0.3, -0.25) is 0 Å². The molecule has 0 aromatic heterocycles. The van der Waals surface area contributed by atoms with Crippen LogP contribution in [0.3, 0.4) is 0 Å². The van der Waals surface area contributed by atoms with E-state index in [2.05, 4.69) is 6.92 Å². The van der Waals surface area contributed by atoms with E-state index in [9.17, 15) is 5.11 Å². The molecule has 0 bridgehead atoms. The van der Waals surface area contributed by atoms with Gasteiger partial charge in [-0.25, -0.2) is 0 Å². The fraction of sp³-hybridized carbons (Fsp3) is 0.647. The minimum atomic E-state index is -0.592. The number of ether oxygens (including phenoxy) is 1. The van der Waals surface area contributed by atoms with Gasteiger partial charge in [0.05, 0.1) is 12.7 Å². The van der Waals surface area contributed by atoms with Crippen molar-refractivity contribution in [3.05, 3.63) is 35.9 Å². The Morgan fingerprint density at radius 2 is 1.80 bits per heavy atom. The molecule has 0 amide bonds. The van der Waals surface area contributed by atoms with Gasteiger partial charge < -0.3 is 15.6 Å². The molecule has 0 aliphatic heterocycles. The van der Waals surface area contributed by atoms with Crippen LogP contribution in [0.25, 0.3) is 0 Å². The summed E-state index contributed by atoms with van der Waals surface area (Å²) in [6, 6.07) is 9.75. The molecule has 2 unspecified atom stereocenters. The van der Waals surface area contributed by atoms with E-state index in [0.29, 0.717) is 13.0 Å². The van der Waals surface area contributed by atoms with Crippen molar-refractivity contribution in [3.8, 4) is 0 Å². The molecule has 1 aromatic carbocycles. The minimum Gasteiger partial charge on any atom is -0.389 e. The zero-order valence-electron chi connectivity index (χ0n) is 12.6. The topological polar surface area (TPSA) is 55.5 Å². The number of hydrogen-bond donors (Lipinski definition) is 2. The van der Waals surface area contributed by atoms with Crippen LogP contribution in [0.1, 0.15) is 44.6 Å². The van der Waals surface area contributed by atoms with E-state index in [1.54, 1.807) is 0 Å². The van der Waals surface area contributed by atoms with E-state index in [-0.39, 0.29) is 6.04 Å². The first-order valence-electron chi connectivity index (χ1n) is 7.79. The van der Waals surface area contributed by atoms with E-state index in [1.165, 1.54) is 25.7 Å². The summed E-state index contributed by atoms with van der Waals surface area (Å²) in [6.45, 7) is 3.27. The second-order valence-corrected chi connectivity index (χ2v) is 5.41. The molecule has 0 saturated heterocycles. The Labute approximate surface area is 123 Å². The molecule has 3 nitrogen and oxygen atoms in total. The molecule has 0 aliphatic carbocycles. The second-order valence-electron chi connectivity index (χ2n) is 5.41. The summed E-state index contributed by atoms with van der Waals surface area (Å²) >= 11 is 0. The SMILES string of the molecule is CCCCCCCOCC(O)C(N)Cc1ccccc1.